The summed E-state index contributed by atoms with van der Waals surface area (Å²) >= 11 is 0. The Bertz CT molecular complexity index is 507. The predicted octanol–water partition coefficient (Wildman–Crippen LogP) is 5.56. The van der Waals surface area contributed by atoms with E-state index in [9.17, 15) is 4.79 Å². The Kier molecular flexibility index (Phi) is 7.38. The van der Waals surface area contributed by atoms with Crippen molar-refractivity contribution in [2.45, 2.75) is 65.2 Å². The van der Waals surface area contributed by atoms with Crippen LogP contribution >= 0.6 is 0 Å². The minimum atomic E-state index is -0.205. The van der Waals surface area contributed by atoms with Gasteiger partial charge in [0.15, 0.2) is 0 Å². The van der Waals surface area contributed by atoms with Crippen molar-refractivity contribution in [2.24, 2.45) is 5.92 Å². The first-order chi connectivity index (χ1) is 11.2. The zero-order valence-electron chi connectivity index (χ0n) is 14.6. The van der Waals surface area contributed by atoms with Gasteiger partial charge in [-0.25, -0.2) is 4.79 Å². The molecular formula is C21H30O2. The van der Waals surface area contributed by atoms with Crippen molar-refractivity contribution in [3.05, 3.63) is 41.5 Å². The molecule has 2 nitrogen and oxygen atoms in total. The molecule has 2 rings (SSSR count). The van der Waals surface area contributed by atoms with Crippen LogP contribution in [0.3, 0.4) is 0 Å². The summed E-state index contributed by atoms with van der Waals surface area (Å²) in [6.07, 6.45) is 11.5. The number of unbranched alkanes of at least 4 members (excludes halogenated alkanes) is 1. The number of allylic oxidation sites excluding steroid dienone is 1. The lowest BCUT2D eigenvalue weighted by Crippen LogP contribution is -2.11. The molecule has 1 aromatic rings. The molecule has 0 unspecified atom stereocenters. The van der Waals surface area contributed by atoms with Crippen molar-refractivity contribution in [3.8, 4) is 0 Å². The summed E-state index contributed by atoms with van der Waals surface area (Å²) < 4.78 is 5.15. The molecule has 0 saturated heterocycles. The zero-order chi connectivity index (χ0) is 16.5. The number of aryl methyl sites for hydroxylation is 1. The number of rotatable bonds is 7. The standard InChI is InChI=1S/C21H30O2/c1-3-5-9-17-12-14-19(15-13-17)20(16-21(22)23-4-2)18-10-7-6-8-11-18/h12-16,18H,3-11H2,1-2H3. The fourth-order valence-corrected chi connectivity index (χ4v) is 3.41. The summed E-state index contributed by atoms with van der Waals surface area (Å²) in [4.78, 5) is 12.0. The van der Waals surface area contributed by atoms with Crippen LogP contribution in [0.2, 0.25) is 0 Å². The monoisotopic (exact) mass is 314 g/mol. The van der Waals surface area contributed by atoms with Gasteiger partial charge in [-0.3, -0.25) is 0 Å². The fourth-order valence-electron chi connectivity index (χ4n) is 3.41. The van der Waals surface area contributed by atoms with Crippen LogP contribution in [0.25, 0.3) is 5.57 Å². The van der Waals surface area contributed by atoms with Gasteiger partial charge in [0.05, 0.1) is 6.61 Å². The third-order valence-electron chi connectivity index (χ3n) is 4.71. The molecule has 0 atom stereocenters. The quantitative estimate of drug-likeness (QED) is 0.487. The lowest BCUT2D eigenvalue weighted by atomic mass is 9.80. The molecule has 2 heteroatoms. The molecule has 0 bridgehead atoms. The summed E-state index contributed by atoms with van der Waals surface area (Å²) in [6.45, 7) is 4.51. The van der Waals surface area contributed by atoms with E-state index in [-0.39, 0.29) is 5.97 Å². The van der Waals surface area contributed by atoms with Crippen molar-refractivity contribution >= 4 is 11.5 Å². The van der Waals surface area contributed by atoms with Gasteiger partial charge in [0, 0.05) is 6.08 Å². The maximum Gasteiger partial charge on any atom is 0.331 e. The molecule has 1 saturated carbocycles. The van der Waals surface area contributed by atoms with E-state index in [4.69, 9.17) is 4.74 Å². The second-order valence-corrected chi connectivity index (χ2v) is 6.49. The Morgan fingerprint density at radius 2 is 1.83 bits per heavy atom. The van der Waals surface area contributed by atoms with Crippen molar-refractivity contribution in [2.75, 3.05) is 6.61 Å². The summed E-state index contributed by atoms with van der Waals surface area (Å²) in [6, 6.07) is 8.80. The molecular weight excluding hydrogens is 284 g/mol. The molecule has 0 aliphatic heterocycles. The average Bonchev–Trinajstić information content (AvgIpc) is 2.59. The third kappa shape index (κ3) is 5.53. The van der Waals surface area contributed by atoms with Gasteiger partial charge >= 0.3 is 5.97 Å². The fraction of sp³-hybridized carbons (Fsp3) is 0.571. The number of benzene rings is 1. The van der Waals surface area contributed by atoms with E-state index in [1.807, 2.05) is 6.92 Å². The van der Waals surface area contributed by atoms with Gasteiger partial charge in [0.25, 0.3) is 0 Å². The summed E-state index contributed by atoms with van der Waals surface area (Å²) in [5, 5.41) is 0. The lowest BCUT2D eigenvalue weighted by Gasteiger charge is -2.25. The van der Waals surface area contributed by atoms with Gasteiger partial charge in [-0.15, -0.1) is 0 Å². The number of hydrogen-bond donors (Lipinski definition) is 0. The molecule has 0 heterocycles. The van der Waals surface area contributed by atoms with Crippen LogP contribution in [-0.2, 0) is 16.0 Å². The van der Waals surface area contributed by atoms with Crippen LogP contribution < -0.4 is 0 Å². The van der Waals surface area contributed by atoms with Crippen LogP contribution in [0.4, 0.5) is 0 Å². The highest BCUT2D eigenvalue weighted by molar-refractivity contribution is 5.92. The highest BCUT2D eigenvalue weighted by Gasteiger charge is 2.20. The number of esters is 1. The van der Waals surface area contributed by atoms with Gasteiger partial charge in [-0.1, -0.05) is 56.9 Å². The van der Waals surface area contributed by atoms with Crippen LogP contribution in [0.5, 0.6) is 0 Å². The maximum atomic E-state index is 12.0. The Morgan fingerprint density at radius 1 is 1.13 bits per heavy atom. The first-order valence-corrected chi connectivity index (χ1v) is 9.22. The highest BCUT2D eigenvalue weighted by Crippen LogP contribution is 2.35. The second kappa shape index (κ2) is 9.54. The molecule has 1 aliphatic rings. The third-order valence-corrected chi connectivity index (χ3v) is 4.71. The molecule has 0 N–H and O–H groups in total. The van der Waals surface area contributed by atoms with Gasteiger partial charge in [0.1, 0.15) is 0 Å². The Labute approximate surface area is 140 Å². The van der Waals surface area contributed by atoms with Crippen LogP contribution in [0.15, 0.2) is 30.3 Å². The first-order valence-electron chi connectivity index (χ1n) is 9.22. The molecule has 1 aromatic carbocycles. The molecule has 126 valence electrons. The molecule has 1 fully saturated rings. The van der Waals surface area contributed by atoms with Gasteiger partial charge in [0.2, 0.25) is 0 Å². The Balaban J connectivity index is 2.19. The minimum absolute atomic E-state index is 0.205. The highest BCUT2D eigenvalue weighted by atomic mass is 16.5. The van der Waals surface area contributed by atoms with Crippen LogP contribution in [-0.4, -0.2) is 12.6 Å². The summed E-state index contributed by atoms with van der Waals surface area (Å²) in [5.41, 5.74) is 3.74. The number of ether oxygens (including phenoxy) is 1. The smallest absolute Gasteiger partial charge is 0.331 e. The van der Waals surface area contributed by atoms with E-state index in [1.165, 1.54) is 61.6 Å². The zero-order valence-corrected chi connectivity index (χ0v) is 14.6. The minimum Gasteiger partial charge on any atom is -0.463 e. The maximum absolute atomic E-state index is 12.0. The van der Waals surface area contributed by atoms with Gasteiger partial charge in [-0.05, 0) is 55.2 Å². The van der Waals surface area contributed by atoms with Crippen molar-refractivity contribution in [1.82, 2.24) is 0 Å². The van der Waals surface area contributed by atoms with Crippen LogP contribution in [0.1, 0.15) is 69.9 Å². The van der Waals surface area contributed by atoms with Crippen molar-refractivity contribution in [3.63, 3.8) is 0 Å². The summed E-state index contributed by atoms with van der Waals surface area (Å²) in [7, 11) is 0. The van der Waals surface area contributed by atoms with E-state index in [2.05, 4.69) is 31.2 Å². The normalized spacial score (nSPS) is 16.3. The molecule has 1 aliphatic carbocycles. The average molecular weight is 314 g/mol. The Morgan fingerprint density at radius 3 is 2.43 bits per heavy atom. The largest absolute Gasteiger partial charge is 0.463 e. The molecule has 0 radical (unpaired) electrons. The van der Waals surface area contributed by atoms with Gasteiger partial charge < -0.3 is 4.74 Å². The van der Waals surface area contributed by atoms with Crippen molar-refractivity contribution < 1.29 is 9.53 Å². The number of carbonyl (C=O) groups is 1. The van der Waals surface area contributed by atoms with E-state index >= 15 is 0 Å². The van der Waals surface area contributed by atoms with E-state index < -0.39 is 0 Å². The van der Waals surface area contributed by atoms with Gasteiger partial charge in [-0.2, -0.15) is 0 Å². The molecule has 0 amide bonds. The number of hydrogen-bond acceptors (Lipinski definition) is 2. The molecule has 23 heavy (non-hydrogen) atoms. The first kappa shape index (κ1) is 17.8. The lowest BCUT2D eigenvalue weighted by molar-refractivity contribution is -0.137. The van der Waals surface area contributed by atoms with E-state index in [1.54, 1.807) is 6.08 Å². The van der Waals surface area contributed by atoms with Crippen molar-refractivity contribution in [1.29, 1.82) is 0 Å². The topological polar surface area (TPSA) is 26.3 Å². The molecule has 0 spiro atoms. The SMILES string of the molecule is CCCCc1ccc(C(=CC(=O)OCC)C2CCCCC2)cc1. The predicted molar refractivity (Wildman–Crippen MR) is 96.2 cm³/mol. The number of carbonyl (C=O) groups excluding carboxylic acids is 1. The summed E-state index contributed by atoms with van der Waals surface area (Å²) in [5.74, 6) is 0.290. The van der Waals surface area contributed by atoms with Crippen LogP contribution in [0, 0.1) is 5.92 Å². The Hall–Kier alpha value is -1.57. The second-order valence-electron chi connectivity index (χ2n) is 6.49. The van der Waals surface area contributed by atoms with E-state index in [0.29, 0.717) is 12.5 Å². The molecule has 0 aromatic heterocycles. The van der Waals surface area contributed by atoms with E-state index in [0.717, 1.165) is 6.42 Å².